The third-order valence-electron chi connectivity index (χ3n) is 5.21. The summed E-state index contributed by atoms with van der Waals surface area (Å²) >= 11 is 0. The first-order valence-corrected chi connectivity index (χ1v) is 8.34. The first kappa shape index (κ1) is 16.5. The van der Waals surface area contributed by atoms with E-state index in [2.05, 4.69) is 57.7 Å². The SMILES string of the molecule is Cc1ccc(C)c(C(CN)N2CCC(C(C)(C)C)CC2)c1. The van der Waals surface area contributed by atoms with Gasteiger partial charge in [0, 0.05) is 12.6 Å². The Hall–Kier alpha value is -0.860. The second-order valence-electron chi connectivity index (χ2n) is 7.79. The lowest BCUT2D eigenvalue weighted by Crippen LogP contribution is -2.42. The third kappa shape index (κ3) is 3.87. The van der Waals surface area contributed by atoms with Crippen molar-refractivity contribution in [3.8, 4) is 0 Å². The standard InChI is InChI=1S/C19H32N2/c1-14-6-7-15(2)17(12-14)18(13-20)21-10-8-16(9-11-21)19(3,4)5/h6-7,12,16,18H,8-11,13,20H2,1-5H3. The summed E-state index contributed by atoms with van der Waals surface area (Å²) < 4.78 is 0. The Morgan fingerprint density at radius 2 is 1.81 bits per heavy atom. The van der Waals surface area contributed by atoms with E-state index in [1.165, 1.54) is 42.6 Å². The van der Waals surface area contributed by atoms with Crippen LogP contribution in [0.5, 0.6) is 0 Å². The average Bonchev–Trinajstić information content (AvgIpc) is 2.43. The lowest BCUT2D eigenvalue weighted by molar-refractivity contribution is 0.0844. The fourth-order valence-corrected chi connectivity index (χ4v) is 3.67. The smallest absolute Gasteiger partial charge is 0.0473 e. The van der Waals surface area contributed by atoms with E-state index in [0.29, 0.717) is 18.0 Å². The molecule has 1 aliphatic heterocycles. The molecule has 2 rings (SSSR count). The molecule has 1 atom stereocenters. The lowest BCUT2D eigenvalue weighted by atomic mass is 9.75. The molecular weight excluding hydrogens is 256 g/mol. The normalized spacial score (nSPS) is 19.7. The number of hydrogen-bond acceptors (Lipinski definition) is 2. The minimum Gasteiger partial charge on any atom is -0.329 e. The number of piperidine rings is 1. The zero-order valence-corrected chi connectivity index (χ0v) is 14.4. The highest BCUT2D eigenvalue weighted by Gasteiger charge is 2.31. The second-order valence-corrected chi connectivity index (χ2v) is 7.79. The van der Waals surface area contributed by atoms with Crippen molar-refractivity contribution in [2.24, 2.45) is 17.1 Å². The largest absolute Gasteiger partial charge is 0.329 e. The molecule has 0 bridgehead atoms. The Kier molecular flexibility index (Phi) is 5.11. The Balaban J connectivity index is 2.11. The van der Waals surface area contributed by atoms with Crippen LogP contribution in [0.15, 0.2) is 18.2 Å². The van der Waals surface area contributed by atoms with Gasteiger partial charge < -0.3 is 5.73 Å². The van der Waals surface area contributed by atoms with Gasteiger partial charge in [0.1, 0.15) is 0 Å². The maximum atomic E-state index is 6.13. The van der Waals surface area contributed by atoms with Crippen molar-refractivity contribution in [1.82, 2.24) is 4.90 Å². The van der Waals surface area contributed by atoms with Crippen LogP contribution in [-0.2, 0) is 0 Å². The van der Waals surface area contributed by atoms with Crippen molar-refractivity contribution >= 4 is 0 Å². The van der Waals surface area contributed by atoms with Crippen molar-refractivity contribution < 1.29 is 0 Å². The van der Waals surface area contributed by atoms with E-state index in [4.69, 9.17) is 5.73 Å². The summed E-state index contributed by atoms with van der Waals surface area (Å²) in [5, 5.41) is 0. The zero-order valence-electron chi connectivity index (χ0n) is 14.4. The summed E-state index contributed by atoms with van der Waals surface area (Å²) in [4.78, 5) is 2.60. The Morgan fingerprint density at radius 1 is 1.19 bits per heavy atom. The lowest BCUT2D eigenvalue weighted by Gasteiger charge is -2.42. The molecule has 0 saturated carbocycles. The molecule has 1 heterocycles. The first-order chi connectivity index (χ1) is 9.82. The molecule has 21 heavy (non-hydrogen) atoms. The van der Waals surface area contributed by atoms with Gasteiger partial charge in [-0.05, 0) is 62.2 Å². The molecule has 2 nitrogen and oxygen atoms in total. The summed E-state index contributed by atoms with van der Waals surface area (Å²) in [5.74, 6) is 0.839. The molecule has 1 fully saturated rings. The van der Waals surface area contributed by atoms with Gasteiger partial charge in [0.2, 0.25) is 0 Å². The van der Waals surface area contributed by atoms with Gasteiger partial charge in [-0.3, -0.25) is 4.90 Å². The summed E-state index contributed by atoms with van der Waals surface area (Å²) in [7, 11) is 0. The van der Waals surface area contributed by atoms with Crippen LogP contribution in [-0.4, -0.2) is 24.5 Å². The molecule has 0 spiro atoms. The summed E-state index contributed by atoms with van der Waals surface area (Å²) in [6, 6.07) is 7.13. The maximum Gasteiger partial charge on any atom is 0.0473 e. The van der Waals surface area contributed by atoms with Crippen LogP contribution in [0.2, 0.25) is 0 Å². The monoisotopic (exact) mass is 288 g/mol. The molecule has 1 aromatic rings. The highest BCUT2D eigenvalue weighted by atomic mass is 15.2. The van der Waals surface area contributed by atoms with E-state index in [0.717, 1.165) is 5.92 Å². The summed E-state index contributed by atoms with van der Waals surface area (Å²) in [6.07, 6.45) is 2.59. The predicted molar refractivity (Wildman–Crippen MR) is 91.5 cm³/mol. The predicted octanol–water partition coefficient (Wildman–Crippen LogP) is 4.06. The van der Waals surface area contributed by atoms with Gasteiger partial charge in [0.05, 0.1) is 0 Å². The van der Waals surface area contributed by atoms with Crippen LogP contribution in [0.3, 0.4) is 0 Å². The van der Waals surface area contributed by atoms with Gasteiger partial charge in [0.15, 0.2) is 0 Å². The quantitative estimate of drug-likeness (QED) is 0.908. The van der Waals surface area contributed by atoms with E-state index >= 15 is 0 Å². The summed E-state index contributed by atoms with van der Waals surface area (Å²) in [5.41, 5.74) is 10.7. The van der Waals surface area contributed by atoms with Gasteiger partial charge in [-0.25, -0.2) is 0 Å². The van der Waals surface area contributed by atoms with Gasteiger partial charge >= 0.3 is 0 Å². The van der Waals surface area contributed by atoms with Gasteiger partial charge in [-0.2, -0.15) is 0 Å². The fourth-order valence-electron chi connectivity index (χ4n) is 3.67. The average molecular weight is 288 g/mol. The van der Waals surface area contributed by atoms with Crippen LogP contribution in [0.4, 0.5) is 0 Å². The molecule has 0 radical (unpaired) electrons. The van der Waals surface area contributed by atoms with Crippen molar-refractivity contribution in [2.75, 3.05) is 19.6 Å². The number of rotatable bonds is 3. The van der Waals surface area contributed by atoms with E-state index in [9.17, 15) is 0 Å². The fraction of sp³-hybridized carbons (Fsp3) is 0.684. The zero-order chi connectivity index (χ0) is 15.6. The molecule has 0 aromatic heterocycles. The molecule has 1 saturated heterocycles. The number of hydrogen-bond donors (Lipinski definition) is 1. The second kappa shape index (κ2) is 6.50. The molecule has 1 aliphatic rings. The topological polar surface area (TPSA) is 29.3 Å². The van der Waals surface area contributed by atoms with Gasteiger partial charge in [-0.15, -0.1) is 0 Å². The maximum absolute atomic E-state index is 6.13. The van der Waals surface area contributed by atoms with E-state index in [1.807, 2.05) is 0 Å². The van der Waals surface area contributed by atoms with E-state index < -0.39 is 0 Å². The van der Waals surface area contributed by atoms with Crippen LogP contribution in [0.1, 0.15) is 56.3 Å². The van der Waals surface area contributed by atoms with Gasteiger partial charge in [0.25, 0.3) is 0 Å². The molecule has 118 valence electrons. The van der Waals surface area contributed by atoms with Crippen molar-refractivity contribution in [2.45, 2.75) is 53.5 Å². The van der Waals surface area contributed by atoms with Crippen LogP contribution in [0.25, 0.3) is 0 Å². The van der Waals surface area contributed by atoms with Crippen LogP contribution < -0.4 is 5.73 Å². The first-order valence-electron chi connectivity index (χ1n) is 8.34. The highest BCUT2D eigenvalue weighted by Crippen LogP contribution is 2.36. The minimum atomic E-state index is 0.380. The third-order valence-corrected chi connectivity index (χ3v) is 5.21. The number of benzene rings is 1. The Morgan fingerprint density at radius 3 is 2.33 bits per heavy atom. The Labute approximate surface area is 130 Å². The van der Waals surface area contributed by atoms with Crippen molar-refractivity contribution in [3.05, 3.63) is 34.9 Å². The highest BCUT2D eigenvalue weighted by molar-refractivity contribution is 5.33. The summed E-state index contributed by atoms with van der Waals surface area (Å²) in [6.45, 7) is 14.6. The van der Waals surface area contributed by atoms with Gasteiger partial charge in [-0.1, -0.05) is 44.5 Å². The number of aryl methyl sites for hydroxylation is 2. The minimum absolute atomic E-state index is 0.380. The number of nitrogens with zero attached hydrogens (tertiary/aromatic N) is 1. The van der Waals surface area contributed by atoms with Crippen molar-refractivity contribution in [3.63, 3.8) is 0 Å². The van der Waals surface area contributed by atoms with E-state index in [-0.39, 0.29) is 0 Å². The molecule has 1 aromatic carbocycles. The van der Waals surface area contributed by atoms with Crippen LogP contribution >= 0.6 is 0 Å². The molecule has 0 amide bonds. The molecular formula is C19H32N2. The van der Waals surface area contributed by atoms with Crippen LogP contribution in [0, 0.1) is 25.2 Å². The van der Waals surface area contributed by atoms with E-state index in [1.54, 1.807) is 0 Å². The molecule has 0 aliphatic carbocycles. The number of nitrogens with two attached hydrogens (primary N) is 1. The molecule has 2 heteroatoms. The Bertz CT molecular complexity index is 465. The molecule has 1 unspecified atom stereocenters. The molecule has 2 N–H and O–H groups in total. The van der Waals surface area contributed by atoms with Crippen molar-refractivity contribution in [1.29, 1.82) is 0 Å². The number of likely N-dealkylation sites (tertiary alicyclic amines) is 1.